The molecule has 1 saturated heterocycles. The molecule has 124 valence electrons. The van der Waals surface area contributed by atoms with E-state index in [-0.39, 0.29) is 6.23 Å². The quantitative estimate of drug-likeness (QED) is 0.740. The lowest BCUT2D eigenvalue weighted by Gasteiger charge is -2.23. The standard InChI is InChI=1S/C19H21N3O2/c1-23-15-8-5-13(6-9-15)19-16-12-14(20)7-10-17(16)22(21-19)18-4-2-3-11-24-18/h5-10,12,18H,2-4,11,20H2,1H3. The Balaban J connectivity index is 1.85. The Morgan fingerprint density at radius 1 is 1.17 bits per heavy atom. The van der Waals surface area contributed by atoms with Gasteiger partial charge in [-0.1, -0.05) is 0 Å². The predicted octanol–water partition coefficient (Wildman–Crippen LogP) is 3.99. The zero-order valence-electron chi connectivity index (χ0n) is 13.7. The maximum atomic E-state index is 6.02. The minimum absolute atomic E-state index is 0.00290. The Bertz CT molecular complexity index is 849. The lowest BCUT2D eigenvalue weighted by molar-refractivity contribution is -0.0365. The highest BCUT2D eigenvalue weighted by atomic mass is 16.5. The van der Waals surface area contributed by atoms with E-state index in [4.69, 9.17) is 20.3 Å². The van der Waals surface area contributed by atoms with Crippen LogP contribution in [-0.2, 0) is 4.74 Å². The molecule has 1 fully saturated rings. The summed E-state index contributed by atoms with van der Waals surface area (Å²) in [5.41, 5.74) is 9.78. The minimum Gasteiger partial charge on any atom is -0.497 e. The lowest BCUT2D eigenvalue weighted by atomic mass is 10.1. The van der Waals surface area contributed by atoms with E-state index >= 15 is 0 Å². The number of aromatic nitrogens is 2. The molecule has 2 N–H and O–H groups in total. The van der Waals surface area contributed by atoms with Crippen LogP contribution in [0.4, 0.5) is 5.69 Å². The first-order valence-electron chi connectivity index (χ1n) is 8.30. The number of nitrogens with two attached hydrogens (primary N) is 1. The predicted molar refractivity (Wildman–Crippen MR) is 95.0 cm³/mol. The van der Waals surface area contributed by atoms with Crippen LogP contribution in [0.15, 0.2) is 42.5 Å². The topological polar surface area (TPSA) is 62.3 Å². The second kappa shape index (κ2) is 6.17. The summed E-state index contributed by atoms with van der Waals surface area (Å²) >= 11 is 0. The Morgan fingerprint density at radius 3 is 2.71 bits per heavy atom. The van der Waals surface area contributed by atoms with Gasteiger partial charge in [0.2, 0.25) is 0 Å². The average molecular weight is 323 g/mol. The largest absolute Gasteiger partial charge is 0.497 e. The van der Waals surface area contributed by atoms with Crippen LogP contribution in [0.1, 0.15) is 25.5 Å². The number of nitrogen functional groups attached to an aromatic ring is 1. The van der Waals surface area contributed by atoms with Crippen molar-refractivity contribution in [3.63, 3.8) is 0 Å². The zero-order chi connectivity index (χ0) is 16.5. The van der Waals surface area contributed by atoms with Crippen LogP contribution in [0.3, 0.4) is 0 Å². The number of ether oxygens (including phenoxy) is 2. The SMILES string of the molecule is COc1ccc(-c2nn(C3CCCCO3)c3ccc(N)cc23)cc1. The summed E-state index contributed by atoms with van der Waals surface area (Å²) in [7, 11) is 1.67. The Labute approximate surface area is 141 Å². The molecule has 0 saturated carbocycles. The van der Waals surface area contributed by atoms with Crippen molar-refractivity contribution in [3.8, 4) is 17.0 Å². The highest BCUT2D eigenvalue weighted by Gasteiger charge is 2.21. The first kappa shape index (κ1) is 15.0. The van der Waals surface area contributed by atoms with E-state index < -0.39 is 0 Å². The van der Waals surface area contributed by atoms with Crippen molar-refractivity contribution in [1.82, 2.24) is 9.78 Å². The zero-order valence-corrected chi connectivity index (χ0v) is 13.7. The second-order valence-electron chi connectivity index (χ2n) is 6.12. The third-order valence-corrected chi connectivity index (χ3v) is 4.52. The van der Waals surface area contributed by atoms with Crippen molar-refractivity contribution in [1.29, 1.82) is 0 Å². The fourth-order valence-electron chi connectivity index (χ4n) is 3.26. The van der Waals surface area contributed by atoms with Crippen LogP contribution in [0.5, 0.6) is 5.75 Å². The van der Waals surface area contributed by atoms with Crippen molar-refractivity contribution in [2.45, 2.75) is 25.5 Å². The third kappa shape index (κ3) is 2.61. The van der Waals surface area contributed by atoms with Crippen molar-refractivity contribution in [2.75, 3.05) is 19.5 Å². The summed E-state index contributed by atoms with van der Waals surface area (Å²) in [4.78, 5) is 0. The highest BCUT2D eigenvalue weighted by molar-refractivity contribution is 5.95. The normalized spacial score (nSPS) is 18.0. The van der Waals surface area contributed by atoms with Gasteiger partial charge < -0.3 is 15.2 Å². The molecule has 1 atom stereocenters. The number of hydrogen-bond donors (Lipinski definition) is 1. The molecule has 2 heterocycles. The average Bonchev–Trinajstić information content (AvgIpc) is 3.01. The second-order valence-corrected chi connectivity index (χ2v) is 6.12. The molecule has 0 aliphatic carbocycles. The minimum atomic E-state index is -0.00290. The smallest absolute Gasteiger partial charge is 0.150 e. The van der Waals surface area contributed by atoms with Crippen LogP contribution in [0, 0.1) is 0 Å². The molecule has 1 aliphatic rings. The van der Waals surface area contributed by atoms with Gasteiger partial charge in [-0.15, -0.1) is 0 Å². The molecule has 0 radical (unpaired) electrons. The summed E-state index contributed by atoms with van der Waals surface area (Å²) in [6, 6.07) is 13.9. The van der Waals surface area contributed by atoms with Crippen LogP contribution in [0.2, 0.25) is 0 Å². The molecule has 5 heteroatoms. The van der Waals surface area contributed by atoms with Crippen LogP contribution in [-0.4, -0.2) is 23.5 Å². The molecule has 3 aromatic rings. The number of rotatable bonds is 3. The van der Waals surface area contributed by atoms with Gasteiger partial charge in [0.25, 0.3) is 0 Å². The number of methoxy groups -OCH3 is 1. The highest BCUT2D eigenvalue weighted by Crippen LogP contribution is 2.34. The summed E-state index contributed by atoms with van der Waals surface area (Å²) < 4.78 is 13.2. The maximum absolute atomic E-state index is 6.02. The molecule has 0 amide bonds. The van der Waals surface area contributed by atoms with Gasteiger partial charge in [0, 0.05) is 23.2 Å². The Hall–Kier alpha value is -2.53. The number of anilines is 1. The molecule has 0 bridgehead atoms. The first-order valence-corrected chi connectivity index (χ1v) is 8.30. The van der Waals surface area contributed by atoms with E-state index in [1.54, 1.807) is 7.11 Å². The van der Waals surface area contributed by atoms with Gasteiger partial charge in [0.15, 0.2) is 6.23 Å². The molecular weight excluding hydrogens is 302 g/mol. The Kier molecular flexibility index (Phi) is 3.86. The van der Waals surface area contributed by atoms with Crippen molar-refractivity contribution >= 4 is 16.6 Å². The van der Waals surface area contributed by atoms with E-state index in [0.717, 1.165) is 53.0 Å². The van der Waals surface area contributed by atoms with Gasteiger partial charge in [0.1, 0.15) is 11.4 Å². The lowest BCUT2D eigenvalue weighted by Crippen LogP contribution is -2.19. The van der Waals surface area contributed by atoms with Gasteiger partial charge in [-0.05, 0) is 61.7 Å². The number of benzene rings is 2. The van der Waals surface area contributed by atoms with Gasteiger partial charge >= 0.3 is 0 Å². The molecule has 24 heavy (non-hydrogen) atoms. The summed E-state index contributed by atoms with van der Waals surface area (Å²) in [6.45, 7) is 0.791. The van der Waals surface area contributed by atoms with Gasteiger partial charge in [-0.3, -0.25) is 0 Å². The fourth-order valence-corrected chi connectivity index (χ4v) is 3.26. The van der Waals surface area contributed by atoms with Gasteiger partial charge in [0.05, 0.1) is 12.6 Å². The maximum Gasteiger partial charge on any atom is 0.150 e. The van der Waals surface area contributed by atoms with Crippen molar-refractivity contribution in [2.24, 2.45) is 0 Å². The van der Waals surface area contributed by atoms with E-state index in [0.29, 0.717) is 0 Å². The molecular formula is C19H21N3O2. The first-order chi connectivity index (χ1) is 11.8. The van der Waals surface area contributed by atoms with Crippen LogP contribution >= 0.6 is 0 Å². The molecule has 5 nitrogen and oxygen atoms in total. The summed E-state index contributed by atoms with van der Waals surface area (Å²) in [5.74, 6) is 0.831. The molecule has 1 unspecified atom stereocenters. The van der Waals surface area contributed by atoms with E-state index in [9.17, 15) is 0 Å². The fraction of sp³-hybridized carbons (Fsp3) is 0.316. The Morgan fingerprint density at radius 2 is 2.00 bits per heavy atom. The monoisotopic (exact) mass is 323 g/mol. The molecule has 1 aliphatic heterocycles. The molecule has 1 aromatic heterocycles. The van der Waals surface area contributed by atoms with Crippen LogP contribution in [0.25, 0.3) is 22.2 Å². The van der Waals surface area contributed by atoms with Crippen molar-refractivity contribution in [3.05, 3.63) is 42.5 Å². The number of fused-ring (bicyclic) bond motifs is 1. The van der Waals surface area contributed by atoms with Crippen LogP contribution < -0.4 is 10.5 Å². The van der Waals surface area contributed by atoms with Gasteiger partial charge in [-0.2, -0.15) is 5.10 Å². The third-order valence-electron chi connectivity index (χ3n) is 4.52. The van der Waals surface area contributed by atoms with E-state index in [2.05, 4.69) is 0 Å². The number of hydrogen-bond acceptors (Lipinski definition) is 4. The number of nitrogens with zero attached hydrogens (tertiary/aromatic N) is 2. The molecule has 4 rings (SSSR count). The van der Waals surface area contributed by atoms with E-state index in [1.165, 1.54) is 6.42 Å². The molecule has 2 aromatic carbocycles. The van der Waals surface area contributed by atoms with Gasteiger partial charge in [-0.25, -0.2) is 4.68 Å². The summed E-state index contributed by atoms with van der Waals surface area (Å²) in [5, 5.41) is 5.93. The summed E-state index contributed by atoms with van der Waals surface area (Å²) in [6.07, 6.45) is 3.27. The molecule has 0 spiro atoms. The van der Waals surface area contributed by atoms with E-state index in [1.807, 2.05) is 47.1 Å². The van der Waals surface area contributed by atoms with Crippen molar-refractivity contribution < 1.29 is 9.47 Å².